The standard InChI is InChI=1S/5CH4O3S.5Na/c5*1-5(2,3)4;;;;;/h5*1H3,(H,2,3,4);;;;;/q;;;;;5*+1/p-5. The average molecular weight is 590 g/mol. The van der Waals surface area contributed by atoms with E-state index in [1.807, 2.05) is 0 Å². The summed E-state index contributed by atoms with van der Waals surface area (Å²) in [7, 11) is -19.6. The Labute approximate surface area is 288 Å². The minimum Gasteiger partial charge on any atom is -0.748 e. The molecule has 0 aromatic rings. The molecule has 160 valence electrons. The first kappa shape index (κ1) is 64.5. The van der Waals surface area contributed by atoms with Crippen molar-refractivity contribution in [3.05, 3.63) is 0 Å². The van der Waals surface area contributed by atoms with Crippen molar-refractivity contribution in [2.75, 3.05) is 31.3 Å². The minimum absolute atomic E-state index is 0. The quantitative estimate of drug-likeness (QED) is 0.187. The second-order valence-corrected chi connectivity index (χ2v) is 10.6. The Morgan fingerprint density at radius 3 is 0.300 bits per heavy atom. The van der Waals surface area contributed by atoms with Crippen LogP contribution in [0.3, 0.4) is 0 Å². The molecule has 0 aliphatic carbocycles. The van der Waals surface area contributed by atoms with Crippen molar-refractivity contribution >= 4 is 50.6 Å². The van der Waals surface area contributed by atoms with Gasteiger partial charge in [-0.3, -0.25) is 0 Å². The second kappa shape index (κ2) is 29.8. The molecular weight excluding hydrogens is 575 g/mol. The number of rotatable bonds is 0. The predicted molar refractivity (Wildman–Crippen MR) is 78.1 cm³/mol. The molecule has 0 unspecified atom stereocenters. The maximum Gasteiger partial charge on any atom is 1.00 e. The van der Waals surface area contributed by atoms with E-state index >= 15 is 0 Å². The first-order valence-corrected chi connectivity index (χ1v) is 13.6. The van der Waals surface area contributed by atoms with Crippen LogP contribution in [0.2, 0.25) is 0 Å². The van der Waals surface area contributed by atoms with Crippen LogP contribution in [0, 0.1) is 0 Å². The van der Waals surface area contributed by atoms with Gasteiger partial charge in [-0.1, -0.05) is 0 Å². The Morgan fingerprint density at radius 2 is 0.300 bits per heavy atom. The van der Waals surface area contributed by atoms with Crippen LogP contribution in [0.1, 0.15) is 0 Å². The summed E-state index contributed by atoms with van der Waals surface area (Å²) in [6, 6.07) is 0. The summed E-state index contributed by atoms with van der Waals surface area (Å²) in [5, 5.41) is 0. The maximum absolute atomic E-state index is 9.08. The van der Waals surface area contributed by atoms with E-state index in [2.05, 4.69) is 0 Å². The van der Waals surface area contributed by atoms with Crippen LogP contribution < -0.4 is 148 Å². The molecule has 0 saturated heterocycles. The van der Waals surface area contributed by atoms with Crippen LogP contribution in [0.4, 0.5) is 0 Å². The molecule has 0 atom stereocenters. The molecule has 0 aromatic carbocycles. The summed E-state index contributed by atoms with van der Waals surface area (Å²) in [6.07, 6.45) is 3.02. The van der Waals surface area contributed by atoms with Crippen molar-refractivity contribution in [3.8, 4) is 0 Å². The van der Waals surface area contributed by atoms with E-state index in [4.69, 9.17) is 64.9 Å². The third-order valence-electron chi connectivity index (χ3n) is 0. The average Bonchev–Trinajstić information content (AvgIpc) is 1.79. The molecule has 0 N–H and O–H groups in total. The Kier molecular flexibility index (Phi) is 64.0. The van der Waals surface area contributed by atoms with Gasteiger partial charge in [-0.05, 0) is 0 Å². The first-order chi connectivity index (χ1) is 10.0. The summed E-state index contributed by atoms with van der Waals surface area (Å²) >= 11 is 0. The van der Waals surface area contributed by atoms with Crippen molar-refractivity contribution in [2.24, 2.45) is 0 Å². The van der Waals surface area contributed by atoms with Gasteiger partial charge in [-0.15, -0.1) is 0 Å². The first-order valence-electron chi connectivity index (χ1n) is 4.54. The molecule has 0 aliphatic rings. The van der Waals surface area contributed by atoms with E-state index in [1.165, 1.54) is 0 Å². The normalized spacial score (nSPS) is 9.67. The predicted octanol–water partition coefficient (Wildman–Crippen LogP) is -19.2. The summed E-state index contributed by atoms with van der Waals surface area (Å²) in [5.74, 6) is 0. The molecule has 0 aliphatic heterocycles. The topological polar surface area (TPSA) is 286 Å². The molecule has 0 amide bonds. The summed E-state index contributed by atoms with van der Waals surface area (Å²) in [6.45, 7) is 0. The van der Waals surface area contributed by atoms with Gasteiger partial charge < -0.3 is 22.8 Å². The molecule has 0 spiro atoms. The molecule has 0 saturated carbocycles. The summed E-state index contributed by atoms with van der Waals surface area (Å²) in [4.78, 5) is 0. The van der Waals surface area contributed by atoms with Gasteiger partial charge in [0.15, 0.2) is 0 Å². The zero-order chi connectivity index (χ0) is 22.5. The molecule has 15 nitrogen and oxygen atoms in total. The van der Waals surface area contributed by atoms with Gasteiger partial charge in [-0.25, -0.2) is 42.1 Å². The fraction of sp³-hybridized carbons (Fsp3) is 1.00. The summed E-state index contributed by atoms with van der Waals surface area (Å²) < 4.78 is 136. The van der Waals surface area contributed by atoms with Gasteiger partial charge in [0.05, 0.1) is 50.6 Å². The molecule has 0 rings (SSSR count). The largest absolute Gasteiger partial charge is 1.00 e. The second-order valence-electron chi connectivity index (χ2n) is 3.52. The Bertz CT molecular complexity index is 644. The van der Waals surface area contributed by atoms with Crippen LogP contribution in [0.15, 0.2) is 0 Å². The van der Waals surface area contributed by atoms with E-state index < -0.39 is 50.6 Å². The van der Waals surface area contributed by atoms with E-state index in [0.29, 0.717) is 31.3 Å². The van der Waals surface area contributed by atoms with Gasteiger partial charge in [0.25, 0.3) is 0 Å². The van der Waals surface area contributed by atoms with E-state index in [0.717, 1.165) is 0 Å². The Balaban J connectivity index is -0.0000000200. The van der Waals surface area contributed by atoms with Crippen LogP contribution in [-0.4, -0.2) is 96.1 Å². The molecular formula is C5H15Na5O15S5. The Hall–Kier alpha value is 4.55. The molecule has 25 heteroatoms. The van der Waals surface area contributed by atoms with E-state index in [1.54, 1.807) is 0 Å². The number of hydrogen-bond donors (Lipinski definition) is 0. The van der Waals surface area contributed by atoms with Crippen LogP contribution in [0.5, 0.6) is 0 Å². The maximum atomic E-state index is 9.08. The molecule has 0 radical (unpaired) electrons. The molecule has 0 bridgehead atoms. The van der Waals surface area contributed by atoms with Crippen molar-refractivity contribution in [1.29, 1.82) is 0 Å². The van der Waals surface area contributed by atoms with Gasteiger partial charge in [0.2, 0.25) is 0 Å². The van der Waals surface area contributed by atoms with Crippen molar-refractivity contribution in [2.45, 2.75) is 0 Å². The monoisotopic (exact) mass is 590 g/mol. The minimum atomic E-state index is -3.92. The van der Waals surface area contributed by atoms with Gasteiger partial charge in [0, 0.05) is 31.3 Å². The fourth-order valence-electron chi connectivity index (χ4n) is 0. The molecule has 0 heterocycles. The van der Waals surface area contributed by atoms with Crippen LogP contribution >= 0.6 is 0 Å². The zero-order valence-corrected chi connectivity index (χ0v) is 32.2. The van der Waals surface area contributed by atoms with Crippen molar-refractivity contribution in [1.82, 2.24) is 0 Å². The van der Waals surface area contributed by atoms with E-state index in [9.17, 15) is 0 Å². The number of hydrogen-bond acceptors (Lipinski definition) is 15. The van der Waals surface area contributed by atoms with Crippen LogP contribution in [-0.2, 0) is 50.6 Å². The van der Waals surface area contributed by atoms with Crippen molar-refractivity contribution < 1.29 is 213 Å². The van der Waals surface area contributed by atoms with Gasteiger partial charge in [0.1, 0.15) is 0 Å². The Morgan fingerprint density at radius 1 is 0.300 bits per heavy atom. The SMILES string of the molecule is CS(=O)(=O)[O-].CS(=O)(=O)[O-].CS(=O)(=O)[O-].CS(=O)(=O)[O-].CS(=O)(=O)[O-].[Na+].[Na+].[Na+].[Na+].[Na+]. The smallest absolute Gasteiger partial charge is 0.748 e. The molecule has 0 fully saturated rings. The van der Waals surface area contributed by atoms with Gasteiger partial charge in [-0.2, -0.15) is 0 Å². The molecule has 30 heavy (non-hydrogen) atoms. The van der Waals surface area contributed by atoms with Crippen molar-refractivity contribution in [3.63, 3.8) is 0 Å². The fourth-order valence-corrected chi connectivity index (χ4v) is 0. The summed E-state index contributed by atoms with van der Waals surface area (Å²) in [5.41, 5.74) is 0. The van der Waals surface area contributed by atoms with Crippen LogP contribution in [0.25, 0.3) is 0 Å². The third kappa shape index (κ3) is 1570. The van der Waals surface area contributed by atoms with E-state index in [-0.39, 0.29) is 148 Å². The third-order valence-corrected chi connectivity index (χ3v) is 0. The zero-order valence-electron chi connectivity index (χ0n) is 18.2. The van der Waals surface area contributed by atoms with Gasteiger partial charge >= 0.3 is 148 Å². The molecule has 0 aromatic heterocycles.